The maximum Gasteiger partial charge on any atom is 0.229 e. The van der Waals surface area contributed by atoms with Crippen molar-refractivity contribution < 1.29 is 4.79 Å². The molecule has 1 fully saturated rings. The molecule has 0 unspecified atom stereocenters. The first-order chi connectivity index (χ1) is 8.25. The number of carbonyl (C=O) groups is 1. The highest BCUT2D eigenvalue weighted by Crippen LogP contribution is 2.24. The van der Waals surface area contributed by atoms with E-state index in [0.29, 0.717) is 5.11 Å². The van der Waals surface area contributed by atoms with E-state index in [1.165, 1.54) is 0 Å². The van der Waals surface area contributed by atoms with Crippen LogP contribution in [-0.4, -0.2) is 11.0 Å². The van der Waals surface area contributed by atoms with Crippen LogP contribution in [0.3, 0.4) is 0 Å². The van der Waals surface area contributed by atoms with Crippen LogP contribution in [0, 0.1) is 5.92 Å². The third kappa shape index (κ3) is 3.53. The highest BCUT2D eigenvalue weighted by molar-refractivity contribution is 7.80. The van der Waals surface area contributed by atoms with Crippen LogP contribution >= 0.6 is 12.2 Å². The van der Waals surface area contributed by atoms with Crippen LogP contribution in [0.2, 0.25) is 0 Å². The molecule has 3 nitrogen and oxygen atoms in total. The van der Waals surface area contributed by atoms with Gasteiger partial charge in [-0.25, -0.2) is 0 Å². The van der Waals surface area contributed by atoms with Crippen LogP contribution in [0.4, 0.5) is 5.69 Å². The number of nitrogens with one attached hydrogen (secondary N) is 2. The minimum absolute atomic E-state index is 0.0518. The fourth-order valence-electron chi connectivity index (χ4n) is 2.09. The van der Waals surface area contributed by atoms with Gasteiger partial charge in [0.1, 0.15) is 0 Å². The van der Waals surface area contributed by atoms with Gasteiger partial charge in [-0.05, 0) is 37.2 Å². The lowest BCUT2D eigenvalue weighted by atomic mass is 10.1. The molecule has 0 heterocycles. The molecule has 1 aromatic rings. The zero-order chi connectivity index (χ0) is 12.1. The molecule has 90 valence electrons. The Morgan fingerprint density at radius 3 is 2.47 bits per heavy atom. The van der Waals surface area contributed by atoms with E-state index in [-0.39, 0.29) is 11.8 Å². The first-order valence-electron chi connectivity index (χ1n) is 5.92. The van der Waals surface area contributed by atoms with Crippen molar-refractivity contribution in [2.24, 2.45) is 5.92 Å². The van der Waals surface area contributed by atoms with Gasteiger partial charge >= 0.3 is 0 Å². The van der Waals surface area contributed by atoms with Crippen molar-refractivity contribution in [3.8, 4) is 0 Å². The van der Waals surface area contributed by atoms with Gasteiger partial charge in [0, 0.05) is 11.6 Å². The van der Waals surface area contributed by atoms with E-state index in [9.17, 15) is 4.79 Å². The highest BCUT2D eigenvalue weighted by atomic mass is 32.1. The molecular formula is C13H16N2OS. The minimum atomic E-state index is 0.0518. The number of rotatable bonds is 2. The number of amides is 1. The maximum atomic E-state index is 11.8. The highest BCUT2D eigenvalue weighted by Gasteiger charge is 2.23. The number of anilines is 1. The molecule has 0 aliphatic heterocycles. The SMILES string of the molecule is O=C(NC(=S)Nc1ccccc1)C1CCCC1. The molecule has 2 N–H and O–H groups in total. The third-order valence-corrected chi connectivity index (χ3v) is 3.20. The summed E-state index contributed by atoms with van der Waals surface area (Å²) in [4.78, 5) is 11.8. The summed E-state index contributed by atoms with van der Waals surface area (Å²) >= 11 is 5.10. The van der Waals surface area contributed by atoms with E-state index in [0.717, 1.165) is 31.4 Å². The second-order valence-electron chi connectivity index (χ2n) is 4.29. The summed E-state index contributed by atoms with van der Waals surface area (Å²) in [5, 5.41) is 6.13. The largest absolute Gasteiger partial charge is 0.332 e. The summed E-state index contributed by atoms with van der Waals surface area (Å²) in [6.45, 7) is 0. The Bertz CT molecular complexity index is 399. The monoisotopic (exact) mass is 248 g/mol. The smallest absolute Gasteiger partial charge is 0.229 e. The van der Waals surface area contributed by atoms with Crippen LogP contribution in [0.25, 0.3) is 0 Å². The number of benzene rings is 1. The molecule has 0 radical (unpaired) electrons. The lowest BCUT2D eigenvalue weighted by Gasteiger charge is -2.12. The van der Waals surface area contributed by atoms with Crippen molar-refractivity contribution in [1.29, 1.82) is 0 Å². The Hall–Kier alpha value is -1.42. The van der Waals surface area contributed by atoms with Crippen LogP contribution in [-0.2, 0) is 4.79 Å². The van der Waals surface area contributed by atoms with Gasteiger partial charge in [0.05, 0.1) is 0 Å². The number of hydrogen-bond acceptors (Lipinski definition) is 2. The topological polar surface area (TPSA) is 41.1 Å². The Morgan fingerprint density at radius 2 is 1.82 bits per heavy atom. The molecule has 4 heteroatoms. The summed E-state index contributed by atoms with van der Waals surface area (Å²) in [5.41, 5.74) is 0.893. The zero-order valence-corrected chi connectivity index (χ0v) is 10.4. The van der Waals surface area contributed by atoms with Gasteiger partial charge in [-0.15, -0.1) is 0 Å². The van der Waals surface area contributed by atoms with Crippen molar-refractivity contribution in [2.45, 2.75) is 25.7 Å². The van der Waals surface area contributed by atoms with Crippen molar-refractivity contribution in [3.63, 3.8) is 0 Å². The minimum Gasteiger partial charge on any atom is -0.332 e. The van der Waals surface area contributed by atoms with Crippen molar-refractivity contribution >= 4 is 28.9 Å². The summed E-state index contributed by atoms with van der Waals surface area (Å²) in [6, 6.07) is 9.60. The van der Waals surface area contributed by atoms with Gasteiger partial charge in [-0.3, -0.25) is 4.79 Å². The first kappa shape index (κ1) is 12.0. The quantitative estimate of drug-likeness (QED) is 0.791. The van der Waals surface area contributed by atoms with E-state index in [4.69, 9.17) is 12.2 Å². The number of para-hydroxylation sites is 1. The average molecular weight is 248 g/mol. The molecule has 1 aromatic carbocycles. The van der Waals surface area contributed by atoms with E-state index in [1.807, 2.05) is 30.3 Å². The predicted octanol–water partition coefficient (Wildman–Crippen LogP) is 2.69. The second kappa shape index (κ2) is 5.77. The molecule has 17 heavy (non-hydrogen) atoms. The zero-order valence-electron chi connectivity index (χ0n) is 9.61. The summed E-state index contributed by atoms with van der Waals surface area (Å²) in [6.07, 6.45) is 4.27. The summed E-state index contributed by atoms with van der Waals surface area (Å²) in [5.74, 6) is 0.196. The Kier molecular flexibility index (Phi) is 4.09. The average Bonchev–Trinajstić information content (AvgIpc) is 2.83. The van der Waals surface area contributed by atoms with E-state index < -0.39 is 0 Å². The molecule has 1 aliphatic rings. The van der Waals surface area contributed by atoms with Gasteiger partial charge in [-0.1, -0.05) is 31.0 Å². The van der Waals surface area contributed by atoms with Gasteiger partial charge in [0.25, 0.3) is 0 Å². The molecule has 0 bridgehead atoms. The molecule has 0 aromatic heterocycles. The standard InChI is InChI=1S/C13H16N2OS/c16-12(10-6-4-5-7-10)15-13(17)14-11-8-2-1-3-9-11/h1-3,8-10H,4-7H2,(H2,14,15,16,17). The summed E-state index contributed by atoms with van der Waals surface area (Å²) in [7, 11) is 0. The number of carbonyl (C=O) groups excluding carboxylic acids is 1. The normalized spacial score (nSPS) is 15.5. The third-order valence-electron chi connectivity index (χ3n) is 2.99. The molecule has 2 rings (SSSR count). The number of thiocarbonyl (C=S) groups is 1. The lowest BCUT2D eigenvalue weighted by Crippen LogP contribution is -2.37. The van der Waals surface area contributed by atoms with Crippen LogP contribution in [0.5, 0.6) is 0 Å². The molecule has 0 atom stereocenters. The summed E-state index contributed by atoms with van der Waals surface area (Å²) < 4.78 is 0. The Morgan fingerprint density at radius 1 is 1.18 bits per heavy atom. The fraction of sp³-hybridized carbons (Fsp3) is 0.385. The van der Waals surface area contributed by atoms with Crippen molar-refractivity contribution in [2.75, 3.05) is 5.32 Å². The number of hydrogen-bond donors (Lipinski definition) is 2. The van der Waals surface area contributed by atoms with Crippen LogP contribution in [0.15, 0.2) is 30.3 Å². The maximum absolute atomic E-state index is 11.8. The van der Waals surface area contributed by atoms with Gasteiger partial charge < -0.3 is 10.6 Å². The van der Waals surface area contributed by atoms with Gasteiger partial charge in [0.2, 0.25) is 5.91 Å². The van der Waals surface area contributed by atoms with Gasteiger partial charge in [-0.2, -0.15) is 0 Å². The Labute approximate surface area is 107 Å². The van der Waals surface area contributed by atoms with E-state index in [2.05, 4.69) is 10.6 Å². The molecule has 0 spiro atoms. The predicted molar refractivity (Wildman–Crippen MR) is 72.8 cm³/mol. The molecular weight excluding hydrogens is 232 g/mol. The van der Waals surface area contributed by atoms with Crippen LogP contribution < -0.4 is 10.6 Å². The van der Waals surface area contributed by atoms with Crippen LogP contribution in [0.1, 0.15) is 25.7 Å². The lowest BCUT2D eigenvalue weighted by molar-refractivity contribution is -0.123. The van der Waals surface area contributed by atoms with Gasteiger partial charge in [0.15, 0.2) is 5.11 Å². The molecule has 1 saturated carbocycles. The van der Waals surface area contributed by atoms with E-state index >= 15 is 0 Å². The molecule has 1 amide bonds. The second-order valence-corrected chi connectivity index (χ2v) is 4.70. The van der Waals surface area contributed by atoms with E-state index in [1.54, 1.807) is 0 Å². The Balaban J connectivity index is 1.83. The fourth-order valence-corrected chi connectivity index (χ4v) is 2.30. The van der Waals surface area contributed by atoms with Crippen molar-refractivity contribution in [1.82, 2.24) is 5.32 Å². The molecule has 0 saturated heterocycles. The molecule has 1 aliphatic carbocycles. The first-order valence-corrected chi connectivity index (χ1v) is 6.33. The van der Waals surface area contributed by atoms with Crippen molar-refractivity contribution in [3.05, 3.63) is 30.3 Å².